The van der Waals surface area contributed by atoms with Gasteiger partial charge in [0.05, 0.1) is 9.95 Å². The van der Waals surface area contributed by atoms with Gasteiger partial charge in [0.15, 0.2) is 0 Å². The van der Waals surface area contributed by atoms with E-state index in [1.807, 2.05) is 6.92 Å². The smallest absolute Gasteiger partial charge is 0.294 e. The zero-order chi connectivity index (χ0) is 15.7. The van der Waals surface area contributed by atoms with Gasteiger partial charge in [0.25, 0.3) is 11.6 Å². The van der Waals surface area contributed by atoms with E-state index in [-0.39, 0.29) is 33.9 Å². The molecule has 2 atom stereocenters. The number of benzene rings is 1. The highest BCUT2D eigenvalue weighted by Gasteiger charge is 2.32. The lowest BCUT2D eigenvalue weighted by molar-refractivity contribution is -0.384. The van der Waals surface area contributed by atoms with E-state index in [1.54, 1.807) is 11.9 Å². The van der Waals surface area contributed by atoms with E-state index < -0.39 is 4.92 Å². The van der Waals surface area contributed by atoms with Crippen LogP contribution >= 0.6 is 11.6 Å². The van der Waals surface area contributed by atoms with Crippen LogP contribution in [0.4, 0.5) is 11.4 Å². The van der Waals surface area contributed by atoms with Crippen LogP contribution in [0.3, 0.4) is 0 Å². The summed E-state index contributed by atoms with van der Waals surface area (Å²) >= 11 is 6.06. The number of nitro groups is 1. The number of nitrogens with one attached hydrogen (secondary N) is 1. The molecule has 1 fully saturated rings. The highest BCUT2D eigenvalue weighted by molar-refractivity contribution is 6.34. The molecule has 0 spiro atoms. The average Bonchev–Trinajstić information content (AvgIpc) is 2.75. The second kappa shape index (κ2) is 5.89. The van der Waals surface area contributed by atoms with Gasteiger partial charge >= 0.3 is 0 Å². The Labute approximate surface area is 128 Å². The fourth-order valence-electron chi connectivity index (χ4n) is 2.86. The van der Waals surface area contributed by atoms with Crippen LogP contribution in [0.1, 0.15) is 30.6 Å². The Kier molecular flexibility index (Phi) is 4.37. The first-order valence-corrected chi connectivity index (χ1v) is 7.19. The third-order valence-corrected chi connectivity index (χ3v) is 4.11. The van der Waals surface area contributed by atoms with Gasteiger partial charge in [0.2, 0.25) is 0 Å². The van der Waals surface area contributed by atoms with Crippen LogP contribution in [0, 0.1) is 16.0 Å². The van der Waals surface area contributed by atoms with Crippen molar-refractivity contribution in [3.8, 4) is 0 Å². The Balaban J connectivity index is 2.40. The number of amides is 1. The number of rotatable bonds is 3. The Morgan fingerprint density at radius 1 is 1.48 bits per heavy atom. The number of nitrogens with zero attached hydrogens (tertiary/aromatic N) is 2. The minimum Gasteiger partial charge on any atom is -0.381 e. The molecule has 7 heteroatoms. The van der Waals surface area contributed by atoms with Crippen LogP contribution in [0.5, 0.6) is 0 Å². The lowest BCUT2D eigenvalue weighted by Crippen LogP contribution is -2.34. The molecule has 0 aromatic heterocycles. The van der Waals surface area contributed by atoms with E-state index in [9.17, 15) is 14.9 Å². The Morgan fingerprint density at radius 2 is 2.14 bits per heavy atom. The van der Waals surface area contributed by atoms with Gasteiger partial charge in [0, 0.05) is 31.3 Å². The van der Waals surface area contributed by atoms with Crippen molar-refractivity contribution in [3.05, 3.63) is 32.8 Å². The summed E-state index contributed by atoms with van der Waals surface area (Å²) in [7, 11) is 1.56. The zero-order valence-corrected chi connectivity index (χ0v) is 13.0. The molecule has 1 aromatic carbocycles. The molecule has 1 heterocycles. The first kappa shape index (κ1) is 15.6. The van der Waals surface area contributed by atoms with Crippen molar-refractivity contribution in [1.29, 1.82) is 0 Å². The van der Waals surface area contributed by atoms with E-state index in [0.29, 0.717) is 12.5 Å². The molecule has 6 nitrogen and oxygen atoms in total. The normalized spacial score (nSPS) is 21.4. The maximum Gasteiger partial charge on any atom is 0.294 e. The third kappa shape index (κ3) is 2.95. The molecule has 1 aliphatic heterocycles. The molecule has 0 saturated carbocycles. The number of likely N-dealkylation sites (tertiary alicyclic amines) is 1. The van der Waals surface area contributed by atoms with Gasteiger partial charge in [0.1, 0.15) is 5.69 Å². The highest BCUT2D eigenvalue weighted by Crippen LogP contribution is 2.34. The molecule has 1 N–H and O–H groups in total. The molecule has 1 aliphatic rings. The number of hydrogen-bond acceptors (Lipinski definition) is 4. The Hall–Kier alpha value is -1.82. The predicted molar refractivity (Wildman–Crippen MR) is 81.9 cm³/mol. The van der Waals surface area contributed by atoms with Gasteiger partial charge in [-0.25, -0.2) is 0 Å². The molecule has 21 heavy (non-hydrogen) atoms. The molecule has 2 unspecified atom stereocenters. The summed E-state index contributed by atoms with van der Waals surface area (Å²) in [6, 6.07) is 2.91. The molecule has 2 rings (SSSR count). The highest BCUT2D eigenvalue weighted by atomic mass is 35.5. The second-order valence-electron chi connectivity index (χ2n) is 5.51. The Bertz CT molecular complexity index is 591. The van der Waals surface area contributed by atoms with Gasteiger partial charge in [-0.05, 0) is 25.3 Å². The summed E-state index contributed by atoms with van der Waals surface area (Å²) in [6.45, 7) is 4.74. The van der Waals surface area contributed by atoms with E-state index in [0.717, 1.165) is 6.42 Å². The lowest BCUT2D eigenvalue weighted by atomic mass is 10.1. The molecule has 0 radical (unpaired) electrons. The molecule has 1 saturated heterocycles. The molecule has 0 bridgehead atoms. The van der Waals surface area contributed by atoms with Crippen molar-refractivity contribution in [3.63, 3.8) is 0 Å². The minimum atomic E-state index is -0.537. The molecular weight excluding hydrogens is 294 g/mol. The summed E-state index contributed by atoms with van der Waals surface area (Å²) in [5, 5.41) is 14.0. The van der Waals surface area contributed by atoms with Gasteiger partial charge in [-0.15, -0.1) is 0 Å². The van der Waals surface area contributed by atoms with Crippen molar-refractivity contribution in [2.45, 2.75) is 26.3 Å². The number of carbonyl (C=O) groups excluding carboxylic acids is 1. The summed E-state index contributed by atoms with van der Waals surface area (Å²) < 4.78 is 0. The zero-order valence-electron chi connectivity index (χ0n) is 12.2. The van der Waals surface area contributed by atoms with Crippen molar-refractivity contribution < 1.29 is 9.72 Å². The second-order valence-corrected chi connectivity index (χ2v) is 5.91. The fraction of sp³-hybridized carbons (Fsp3) is 0.500. The number of halogens is 1. The van der Waals surface area contributed by atoms with Crippen molar-refractivity contribution in [1.82, 2.24) is 4.90 Å². The lowest BCUT2D eigenvalue weighted by Gasteiger charge is -2.21. The van der Waals surface area contributed by atoms with Gasteiger partial charge in [-0.3, -0.25) is 14.9 Å². The Morgan fingerprint density at radius 3 is 2.62 bits per heavy atom. The minimum absolute atomic E-state index is 0.134. The van der Waals surface area contributed by atoms with Crippen LogP contribution in [0.2, 0.25) is 5.02 Å². The van der Waals surface area contributed by atoms with Gasteiger partial charge < -0.3 is 10.2 Å². The number of hydrogen-bond donors (Lipinski definition) is 1. The summed E-state index contributed by atoms with van der Waals surface area (Å²) in [5.41, 5.74) is 0.293. The van der Waals surface area contributed by atoms with E-state index in [2.05, 4.69) is 12.2 Å². The van der Waals surface area contributed by atoms with Crippen LogP contribution in [-0.4, -0.2) is 35.4 Å². The summed E-state index contributed by atoms with van der Waals surface area (Å²) in [4.78, 5) is 24.9. The van der Waals surface area contributed by atoms with E-state index in [4.69, 9.17) is 11.6 Å². The fourth-order valence-corrected chi connectivity index (χ4v) is 3.16. The monoisotopic (exact) mass is 311 g/mol. The van der Waals surface area contributed by atoms with Crippen LogP contribution in [-0.2, 0) is 0 Å². The summed E-state index contributed by atoms with van der Waals surface area (Å²) in [5.74, 6) is 0.227. The predicted octanol–water partition coefficient (Wildman–Crippen LogP) is 3.16. The molecule has 1 amide bonds. The quantitative estimate of drug-likeness (QED) is 0.687. The molecule has 0 aliphatic carbocycles. The number of nitro benzene ring substituents is 1. The van der Waals surface area contributed by atoms with Gasteiger partial charge in [-0.1, -0.05) is 18.5 Å². The SMILES string of the molecule is CNc1c(Cl)cc(C(=O)N2CC(C)CC2C)cc1[N+](=O)[O-]. The summed E-state index contributed by atoms with van der Waals surface area (Å²) in [6.07, 6.45) is 0.941. The standard InChI is InChI=1S/C14H18ClN3O3/c1-8-4-9(2)17(7-8)14(19)10-5-11(15)13(16-3)12(6-10)18(20)21/h5-6,8-9,16H,4,7H2,1-3H3. The van der Waals surface area contributed by atoms with E-state index in [1.165, 1.54) is 12.1 Å². The molecule has 1 aromatic rings. The van der Waals surface area contributed by atoms with Crippen molar-refractivity contribution in [2.75, 3.05) is 18.9 Å². The van der Waals surface area contributed by atoms with Crippen LogP contribution < -0.4 is 5.32 Å². The molecular formula is C14H18ClN3O3. The van der Waals surface area contributed by atoms with Gasteiger partial charge in [-0.2, -0.15) is 0 Å². The van der Waals surface area contributed by atoms with E-state index >= 15 is 0 Å². The first-order chi connectivity index (χ1) is 9.85. The number of carbonyl (C=O) groups is 1. The maximum atomic E-state index is 12.6. The van der Waals surface area contributed by atoms with Crippen molar-refractivity contribution >= 4 is 28.9 Å². The average molecular weight is 312 g/mol. The first-order valence-electron chi connectivity index (χ1n) is 6.81. The van der Waals surface area contributed by atoms with Crippen molar-refractivity contribution in [2.24, 2.45) is 5.92 Å². The topological polar surface area (TPSA) is 75.5 Å². The largest absolute Gasteiger partial charge is 0.381 e. The molecule has 114 valence electrons. The maximum absolute atomic E-state index is 12.6. The van der Waals surface area contributed by atoms with Crippen LogP contribution in [0.15, 0.2) is 12.1 Å². The third-order valence-electron chi connectivity index (χ3n) is 3.81. The number of anilines is 1. The van der Waals surface area contributed by atoms with Crippen LogP contribution in [0.25, 0.3) is 0 Å².